The van der Waals surface area contributed by atoms with E-state index in [-0.39, 0.29) is 97.4 Å². The van der Waals surface area contributed by atoms with Crippen LogP contribution >= 0.6 is 23.2 Å². The standard InChI is InChI=1S/C59H68Cl2N8O9/c1-36(2)46(66-51(71)17-4-3-9-27-67-54(74)24-25-55(67)75)32-64-45(16-11-26-63-59(62)77)58(76)65-40-22-20-37(21-23-40)35-78-50-29-48-57(44-15-8-6-13-42(44)50)39(31-61)34-69(48)53(73)19-10-18-52(72)68-33-38(30-60)56-43-14-7-5-12-41(43)49(70)28-47(56)68/h5-8,12-15,20-25,28-29,36,38-39,45-46,64,70H,3-4,9-11,16-19,26-27,30-35H2,1-2H3,(H,65,76)(H,66,71)(H3,62,63,77). The highest BCUT2D eigenvalue weighted by atomic mass is 35.5. The Labute approximate surface area is 464 Å². The molecule has 4 unspecified atom stereocenters. The molecule has 0 spiro atoms. The molecule has 7 N–H and O–H groups in total. The van der Waals surface area contributed by atoms with E-state index in [0.29, 0.717) is 99.0 Å². The fourth-order valence-electron chi connectivity index (χ4n) is 10.6. The van der Waals surface area contributed by atoms with Crippen LogP contribution in [0.1, 0.15) is 100 Å². The van der Waals surface area contributed by atoms with Gasteiger partial charge in [0.2, 0.25) is 23.6 Å². The summed E-state index contributed by atoms with van der Waals surface area (Å²) in [5.74, 6) is -0.205. The van der Waals surface area contributed by atoms with Crippen LogP contribution < -0.4 is 41.5 Å². The Hall–Kier alpha value is -7.21. The minimum absolute atomic E-state index is 0.0364. The number of anilines is 3. The molecule has 78 heavy (non-hydrogen) atoms. The molecule has 0 saturated heterocycles. The quantitative estimate of drug-likeness (QED) is 0.0176. The Morgan fingerprint density at radius 3 is 1.92 bits per heavy atom. The molecule has 8 rings (SSSR count). The average Bonchev–Trinajstić information content (AvgIpc) is 4.33. The number of benzene rings is 5. The number of alkyl halides is 2. The van der Waals surface area contributed by atoms with E-state index in [1.807, 2.05) is 80.6 Å². The zero-order valence-electron chi connectivity index (χ0n) is 44.0. The molecule has 3 heterocycles. The highest BCUT2D eigenvalue weighted by Gasteiger charge is 2.37. The first-order chi connectivity index (χ1) is 37.6. The fourth-order valence-corrected chi connectivity index (χ4v) is 11.2. The van der Waals surface area contributed by atoms with Gasteiger partial charge in [0.15, 0.2) is 0 Å². The van der Waals surface area contributed by atoms with Gasteiger partial charge in [-0.15, -0.1) is 23.2 Å². The molecule has 5 aromatic carbocycles. The van der Waals surface area contributed by atoms with Crippen LogP contribution in [0.3, 0.4) is 0 Å². The molecule has 4 atom stereocenters. The van der Waals surface area contributed by atoms with Crippen molar-refractivity contribution in [1.29, 1.82) is 0 Å². The van der Waals surface area contributed by atoms with Crippen LogP contribution in [0.25, 0.3) is 21.5 Å². The van der Waals surface area contributed by atoms with Gasteiger partial charge >= 0.3 is 6.03 Å². The van der Waals surface area contributed by atoms with E-state index in [1.165, 1.54) is 17.1 Å². The summed E-state index contributed by atoms with van der Waals surface area (Å²) in [7, 11) is 0. The second-order valence-corrected chi connectivity index (χ2v) is 21.2. The zero-order chi connectivity index (χ0) is 55.5. The molecule has 19 heteroatoms. The van der Waals surface area contributed by atoms with Crippen LogP contribution in [-0.2, 0) is 35.4 Å². The van der Waals surface area contributed by atoms with E-state index < -0.39 is 12.1 Å². The van der Waals surface area contributed by atoms with Crippen LogP contribution in [0.2, 0.25) is 0 Å². The molecule has 8 amide bonds. The summed E-state index contributed by atoms with van der Waals surface area (Å²) >= 11 is 13.0. The summed E-state index contributed by atoms with van der Waals surface area (Å²) in [5, 5.41) is 26.3. The number of rotatable bonds is 26. The number of ether oxygens (including phenoxy) is 1. The Morgan fingerprint density at radius 1 is 0.731 bits per heavy atom. The third-order valence-corrected chi connectivity index (χ3v) is 15.6. The van der Waals surface area contributed by atoms with Gasteiger partial charge in [0, 0.05) is 122 Å². The van der Waals surface area contributed by atoms with Gasteiger partial charge in [0.25, 0.3) is 11.8 Å². The number of nitrogens with two attached hydrogens (primary N) is 1. The van der Waals surface area contributed by atoms with E-state index in [0.717, 1.165) is 38.5 Å². The fraction of sp³-hybridized carbons (Fsp3) is 0.407. The van der Waals surface area contributed by atoms with Crippen molar-refractivity contribution in [3.63, 3.8) is 0 Å². The number of halogens is 2. The number of imide groups is 1. The van der Waals surface area contributed by atoms with Gasteiger partial charge < -0.3 is 46.6 Å². The van der Waals surface area contributed by atoms with Crippen LogP contribution in [0, 0.1) is 5.92 Å². The van der Waals surface area contributed by atoms with Crippen molar-refractivity contribution in [3.05, 3.63) is 114 Å². The molecule has 0 saturated carbocycles. The number of phenols is 1. The number of nitrogens with one attached hydrogen (secondary N) is 4. The van der Waals surface area contributed by atoms with Crippen LogP contribution in [-0.4, -0.2) is 108 Å². The summed E-state index contributed by atoms with van der Waals surface area (Å²) in [5.41, 5.74) is 9.96. The van der Waals surface area contributed by atoms with Crippen LogP contribution in [0.4, 0.5) is 21.9 Å². The highest BCUT2D eigenvalue weighted by Crippen LogP contribution is 2.47. The maximum atomic E-state index is 14.1. The number of fused-ring (bicyclic) bond motifs is 6. The van der Waals surface area contributed by atoms with Crippen molar-refractivity contribution >= 4 is 103 Å². The average molecular weight is 1100 g/mol. The lowest BCUT2D eigenvalue weighted by Crippen LogP contribution is -2.50. The first-order valence-corrected chi connectivity index (χ1v) is 27.9. The van der Waals surface area contributed by atoms with Crippen molar-refractivity contribution in [2.75, 3.05) is 59.6 Å². The minimum atomic E-state index is -0.679. The largest absolute Gasteiger partial charge is 0.507 e. The van der Waals surface area contributed by atoms with Crippen molar-refractivity contribution in [3.8, 4) is 11.5 Å². The topological polar surface area (TPSA) is 233 Å². The van der Waals surface area contributed by atoms with Crippen molar-refractivity contribution in [2.24, 2.45) is 11.7 Å². The predicted octanol–water partition coefficient (Wildman–Crippen LogP) is 8.46. The lowest BCUT2D eigenvalue weighted by molar-refractivity contribution is -0.137. The number of primary amides is 1. The number of hydrogen-bond acceptors (Lipinski definition) is 10. The first-order valence-electron chi connectivity index (χ1n) is 26.8. The molecule has 3 aliphatic rings. The third kappa shape index (κ3) is 13.5. The van der Waals surface area contributed by atoms with Gasteiger partial charge in [-0.25, -0.2) is 4.79 Å². The normalized spacial score (nSPS) is 16.4. The van der Waals surface area contributed by atoms with Gasteiger partial charge in [-0.05, 0) is 77.6 Å². The number of nitrogens with zero attached hydrogens (tertiary/aromatic N) is 3. The molecule has 0 aromatic heterocycles. The van der Waals surface area contributed by atoms with E-state index >= 15 is 0 Å². The predicted molar refractivity (Wildman–Crippen MR) is 304 cm³/mol. The van der Waals surface area contributed by atoms with Crippen molar-refractivity contribution < 1.29 is 43.4 Å². The van der Waals surface area contributed by atoms with Crippen molar-refractivity contribution in [2.45, 2.75) is 102 Å². The summed E-state index contributed by atoms with van der Waals surface area (Å²) in [4.78, 5) is 94.4. The molecule has 3 aliphatic heterocycles. The van der Waals surface area contributed by atoms with Crippen LogP contribution in [0.5, 0.6) is 11.5 Å². The second kappa shape index (κ2) is 26.4. The SMILES string of the molecule is CC(C)C(CNC(CCCNC(N)=O)C(=O)Nc1ccc(COc2cc3c(c4ccccc24)C(CCl)CN3C(=O)CCCC(=O)N2CC(CCl)c3c2cc(O)c2ccccc32)cc1)NC(=O)CCCCCN1C(=O)C=CC1=O. The number of aromatic hydroxyl groups is 1. The zero-order valence-corrected chi connectivity index (χ0v) is 45.5. The minimum Gasteiger partial charge on any atom is -0.507 e. The van der Waals surface area contributed by atoms with E-state index in [1.54, 1.807) is 28.0 Å². The number of unbranched alkanes of at least 4 members (excludes halogenated alkanes) is 2. The summed E-state index contributed by atoms with van der Waals surface area (Å²) in [6.07, 6.45) is 6.06. The highest BCUT2D eigenvalue weighted by molar-refractivity contribution is 6.19. The number of urea groups is 1. The number of phenolic OH excluding ortho intramolecular Hbond substituents is 1. The number of carbonyl (C=O) groups is 7. The Balaban J connectivity index is 0.868. The number of carbonyl (C=O) groups excluding carboxylic acids is 7. The van der Waals surface area contributed by atoms with E-state index in [2.05, 4.69) is 21.3 Å². The van der Waals surface area contributed by atoms with Gasteiger partial charge in [0.05, 0.1) is 17.4 Å². The molecular weight excluding hydrogens is 1040 g/mol. The number of hydrogen-bond donors (Lipinski definition) is 6. The third-order valence-electron chi connectivity index (χ3n) is 14.9. The summed E-state index contributed by atoms with van der Waals surface area (Å²) < 4.78 is 6.53. The molecule has 412 valence electrons. The smallest absolute Gasteiger partial charge is 0.312 e. The number of amides is 8. The van der Waals surface area contributed by atoms with Gasteiger partial charge in [-0.1, -0.05) is 80.9 Å². The van der Waals surface area contributed by atoms with E-state index in [4.69, 9.17) is 33.7 Å². The molecule has 0 fully saturated rings. The van der Waals surface area contributed by atoms with Gasteiger partial charge in [-0.2, -0.15) is 0 Å². The van der Waals surface area contributed by atoms with E-state index in [9.17, 15) is 38.7 Å². The summed E-state index contributed by atoms with van der Waals surface area (Å²) in [6, 6.07) is 24.7. The lowest BCUT2D eigenvalue weighted by Gasteiger charge is -2.26. The second-order valence-electron chi connectivity index (χ2n) is 20.6. The monoisotopic (exact) mass is 1100 g/mol. The maximum Gasteiger partial charge on any atom is 0.312 e. The molecule has 5 aromatic rings. The molecule has 0 bridgehead atoms. The van der Waals surface area contributed by atoms with Gasteiger partial charge in [-0.3, -0.25) is 33.7 Å². The first kappa shape index (κ1) is 57.0. The Kier molecular flexibility index (Phi) is 19.3. The Bertz CT molecular complexity index is 3060. The lowest BCUT2D eigenvalue weighted by atomic mass is 9.95. The van der Waals surface area contributed by atoms with Crippen LogP contribution in [0.15, 0.2) is 97.1 Å². The molecule has 17 nitrogen and oxygen atoms in total. The molecule has 0 radical (unpaired) electrons. The maximum absolute atomic E-state index is 14.1. The summed E-state index contributed by atoms with van der Waals surface area (Å²) in [6.45, 7) is 5.83. The van der Waals surface area contributed by atoms with Crippen molar-refractivity contribution in [1.82, 2.24) is 20.9 Å². The Morgan fingerprint density at radius 2 is 1.32 bits per heavy atom. The molecule has 0 aliphatic carbocycles. The van der Waals surface area contributed by atoms with Gasteiger partial charge in [0.1, 0.15) is 18.1 Å². The molecular formula is C59H68Cl2N8O9.